The van der Waals surface area contributed by atoms with Crippen molar-refractivity contribution in [3.8, 4) is 89.0 Å². The predicted octanol–water partition coefficient (Wildman–Crippen LogP) is 13.9. The van der Waals surface area contributed by atoms with Crippen LogP contribution >= 0.6 is 0 Å². The lowest BCUT2D eigenvalue weighted by molar-refractivity contribution is 1.54. The molecule has 0 N–H and O–H groups in total. The molecule has 4 aliphatic rings. The fraction of sp³-hybridized carbons (Fsp3) is 0.0120. The van der Waals surface area contributed by atoms with Crippen LogP contribution in [-0.2, 0) is 0 Å². The molecule has 19 rings (SSSR count). The van der Waals surface area contributed by atoms with Crippen LogP contribution in [0, 0.1) is 6.92 Å². The lowest BCUT2D eigenvalue weighted by atomic mass is 9.34. The minimum Gasteiger partial charge on any atom is -0.0657 e. The lowest BCUT2D eigenvalue weighted by Crippen LogP contribution is -2.75. The van der Waals surface area contributed by atoms with Gasteiger partial charge in [0.25, 0.3) is 0 Å². The van der Waals surface area contributed by atoms with Crippen LogP contribution in [0.2, 0.25) is 0 Å². The first-order valence-corrected chi connectivity index (χ1v) is 32.5. The van der Waals surface area contributed by atoms with E-state index < -0.39 is 8.07 Å². The van der Waals surface area contributed by atoms with Crippen molar-refractivity contribution in [1.82, 2.24) is 0 Å². The molecule has 0 aromatic heterocycles. The molecule has 4 aliphatic heterocycles. The number of hydrogen-bond acceptors (Lipinski definition) is 0. The van der Waals surface area contributed by atoms with Crippen LogP contribution in [0.4, 0.5) is 0 Å². The summed E-state index contributed by atoms with van der Waals surface area (Å²) >= 11 is 0. The van der Waals surface area contributed by atoms with E-state index in [4.69, 9.17) is 0 Å². The van der Waals surface area contributed by atoms with Crippen molar-refractivity contribution in [3.63, 3.8) is 0 Å². The highest BCUT2D eigenvalue weighted by Gasteiger charge is 2.48. The second-order valence-electron chi connectivity index (χ2n) is 24.5. The number of fused-ring (bicyclic) bond motifs is 10. The zero-order valence-electron chi connectivity index (χ0n) is 47.4. The highest BCUT2D eigenvalue weighted by Crippen LogP contribution is 2.49. The molecular weight excluding hydrogens is 1050 g/mol. The van der Waals surface area contributed by atoms with Crippen molar-refractivity contribution in [1.29, 1.82) is 0 Å². The second-order valence-corrected chi connectivity index (χ2v) is 28.3. The van der Waals surface area contributed by atoms with E-state index in [9.17, 15) is 0 Å². The first-order chi connectivity index (χ1) is 42.6. The maximum absolute atomic E-state index is 3.25. The Labute approximate surface area is 502 Å². The summed E-state index contributed by atoms with van der Waals surface area (Å²) in [6.45, 7) is 2.47. The molecule has 0 radical (unpaired) electrons. The van der Waals surface area contributed by atoms with Gasteiger partial charge in [-0.05, 0) is 191 Å². The van der Waals surface area contributed by atoms with E-state index in [1.54, 1.807) is 0 Å². The van der Waals surface area contributed by atoms with E-state index in [1.165, 1.54) is 180 Å². The van der Waals surface area contributed by atoms with Crippen LogP contribution in [0.5, 0.6) is 0 Å². The number of hydrogen-bond donors (Lipinski definition) is 0. The molecule has 0 spiro atoms. The average molecular weight is 1100 g/mol. The van der Waals surface area contributed by atoms with Crippen molar-refractivity contribution < 1.29 is 0 Å². The molecule has 0 saturated carbocycles. The molecule has 3 heteroatoms. The van der Waals surface area contributed by atoms with Crippen LogP contribution in [0.3, 0.4) is 0 Å². The van der Waals surface area contributed by atoms with Gasteiger partial charge in [-0.1, -0.05) is 294 Å². The van der Waals surface area contributed by atoms with E-state index in [-0.39, 0.29) is 13.4 Å². The van der Waals surface area contributed by atoms with Crippen LogP contribution in [0.25, 0.3) is 121 Å². The zero-order valence-corrected chi connectivity index (χ0v) is 48.4. The normalized spacial score (nSPS) is 12.9. The molecule has 0 amide bonds. The molecule has 0 fully saturated rings. The molecule has 0 nitrogen and oxygen atoms in total. The quantitative estimate of drug-likeness (QED) is 0.0808. The Hall–Kier alpha value is -10.3. The summed E-state index contributed by atoms with van der Waals surface area (Å²) in [5.41, 5.74) is 30.5. The van der Waals surface area contributed by atoms with Gasteiger partial charge in [-0.25, -0.2) is 0 Å². The van der Waals surface area contributed by atoms with Crippen molar-refractivity contribution in [2.45, 2.75) is 6.92 Å². The summed E-state index contributed by atoms with van der Waals surface area (Å²) in [4.78, 5) is 0. The van der Waals surface area contributed by atoms with Crippen molar-refractivity contribution in [3.05, 3.63) is 303 Å². The number of benzene rings is 15. The summed E-state index contributed by atoms with van der Waals surface area (Å²) in [5.74, 6) is 0. The van der Waals surface area contributed by atoms with Gasteiger partial charge in [0.05, 0.1) is 0 Å². The van der Waals surface area contributed by atoms with Crippen molar-refractivity contribution in [2.24, 2.45) is 0 Å². The zero-order chi connectivity index (χ0) is 56.4. The maximum atomic E-state index is 2.76. The molecule has 0 atom stereocenters. The van der Waals surface area contributed by atoms with E-state index >= 15 is 0 Å². The van der Waals surface area contributed by atoms with Gasteiger partial charge in [0, 0.05) is 0 Å². The summed E-state index contributed by atoms with van der Waals surface area (Å²) in [5, 5.41) is 13.9. The Bertz CT molecular complexity index is 5170. The topological polar surface area (TPSA) is 0 Å². The van der Waals surface area contributed by atoms with E-state index in [0.717, 1.165) is 0 Å². The van der Waals surface area contributed by atoms with Gasteiger partial charge in [0.15, 0.2) is 8.07 Å². The summed E-state index contributed by atoms with van der Waals surface area (Å²) in [7, 11) is -3.25. The lowest BCUT2D eigenvalue weighted by Gasteiger charge is -2.38. The van der Waals surface area contributed by atoms with Crippen LogP contribution < -0.4 is 53.5 Å². The third-order valence-corrected chi connectivity index (χ3v) is 25.1. The SMILES string of the molecule is Cc1cc2c3c(cc4c([Si](c5ccccc5)(c5ccccc5)c5ccccc5)cc5c6c(cc1c3c46)B1c3ccc(-c4ccccc4)cc3-c3cc(-c4ccccc4)cc-5c31)B1c3ccc(-c4ccccc4)cc3-c3cc(-c4ccccc4)cc-2c31. The fourth-order valence-electron chi connectivity index (χ4n) is 16.7. The average Bonchev–Trinajstić information content (AvgIpc) is 1.72. The highest BCUT2D eigenvalue weighted by atomic mass is 28.3. The molecule has 394 valence electrons. The maximum Gasteiger partial charge on any atom is 0.244 e. The molecule has 4 heterocycles. The minimum atomic E-state index is -3.25. The van der Waals surface area contributed by atoms with Gasteiger partial charge >= 0.3 is 0 Å². The third-order valence-electron chi connectivity index (χ3n) is 20.3. The molecule has 15 aromatic carbocycles. The van der Waals surface area contributed by atoms with Gasteiger partial charge in [0.1, 0.15) is 0 Å². The fourth-order valence-corrected chi connectivity index (χ4v) is 21.7. The van der Waals surface area contributed by atoms with E-state index in [2.05, 4.69) is 304 Å². The molecule has 0 bridgehead atoms. The highest BCUT2D eigenvalue weighted by molar-refractivity contribution is 7.21. The first-order valence-electron chi connectivity index (χ1n) is 30.5. The van der Waals surface area contributed by atoms with Crippen molar-refractivity contribution in [2.75, 3.05) is 0 Å². The Morgan fingerprint density at radius 1 is 0.233 bits per heavy atom. The van der Waals surface area contributed by atoms with Gasteiger partial charge in [-0.2, -0.15) is 0 Å². The number of aryl methyl sites for hydroxylation is 1. The second kappa shape index (κ2) is 18.1. The Morgan fingerprint density at radius 3 is 0.965 bits per heavy atom. The smallest absolute Gasteiger partial charge is 0.0657 e. The molecule has 0 saturated heterocycles. The molecular formula is C83H52B2Si. The predicted molar refractivity (Wildman–Crippen MR) is 371 cm³/mol. The Morgan fingerprint density at radius 2 is 0.558 bits per heavy atom. The van der Waals surface area contributed by atoms with E-state index in [1.807, 2.05) is 0 Å². The molecule has 0 unspecified atom stereocenters. The minimum absolute atomic E-state index is 0.0184. The summed E-state index contributed by atoms with van der Waals surface area (Å²) in [6, 6.07) is 115. The summed E-state index contributed by atoms with van der Waals surface area (Å²) < 4.78 is 0. The Balaban J connectivity index is 1.02. The molecule has 15 aromatic rings. The first kappa shape index (κ1) is 48.1. The molecule has 86 heavy (non-hydrogen) atoms. The van der Waals surface area contributed by atoms with Crippen LogP contribution in [0.1, 0.15) is 5.56 Å². The Kier molecular flexibility index (Phi) is 10.1. The van der Waals surface area contributed by atoms with Crippen LogP contribution in [-0.4, -0.2) is 21.5 Å². The summed E-state index contributed by atoms with van der Waals surface area (Å²) in [6.07, 6.45) is 0. The van der Waals surface area contributed by atoms with Gasteiger partial charge in [-0.3, -0.25) is 0 Å². The standard InChI is InChI=1S/C83H52B2Si/c1-51-41-66-70-46-58(54-27-13-4-14-28-54)44-68-64-42-57(53-25-11-3-12-26-53)38-40-74(64)85(82(68)70)76-49-72-77(86(60-31-17-6-18-32-60,61-33-19-7-20-34-61)62-35-21-8-22-36-62)50-67-71-47-59(55-29-15-5-16-30-55)45-69-65-43-56(52-23-9-2-10-24-52)37-39-73(65)84(83(69)71)75-48-63(51)80(78(66)76)81(72)79(67)75/h2-50H,1H3. The van der Waals surface area contributed by atoms with Crippen molar-refractivity contribution >= 4 is 107 Å². The monoisotopic (exact) mass is 1100 g/mol. The van der Waals surface area contributed by atoms with Gasteiger partial charge < -0.3 is 0 Å². The van der Waals surface area contributed by atoms with Gasteiger partial charge in [0.2, 0.25) is 13.4 Å². The number of rotatable bonds is 8. The van der Waals surface area contributed by atoms with Gasteiger partial charge in [-0.15, -0.1) is 0 Å². The van der Waals surface area contributed by atoms with Crippen LogP contribution in [0.15, 0.2) is 297 Å². The third kappa shape index (κ3) is 6.56. The molecule has 0 aliphatic carbocycles. The largest absolute Gasteiger partial charge is 0.244 e. The van der Waals surface area contributed by atoms with E-state index in [0.29, 0.717) is 0 Å².